The average Bonchev–Trinajstić information content (AvgIpc) is 2.29. The van der Waals surface area contributed by atoms with Crippen molar-refractivity contribution in [1.29, 1.82) is 0 Å². The van der Waals surface area contributed by atoms with Gasteiger partial charge in [0.2, 0.25) is 0 Å². The van der Waals surface area contributed by atoms with Crippen LogP contribution < -0.4 is 5.32 Å². The molecule has 1 N–H and O–H groups in total. The summed E-state index contributed by atoms with van der Waals surface area (Å²) in [5, 5.41) is 3.63. The third-order valence-electron chi connectivity index (χ3n) is 3.06. The Labute approximate surface area is 107 Å². The zero-order chi connectivity index (χ0) is 12.7. The smallest absolute Gasteiger partial charge is 0.00967 e. The van der Waals surface area contributed by atoms with Gasteiger partial charge in [0.05, 0.1) is 0 Å². The van der Waals surface area contributed by atoms with Gasteiger partial charge < -0.3 is 5.32 Å². The van der Waals surface area contributed by atoms with Crippen molar-refractivity contribution in [2.45, 2.75) is 58.4 Å². The van der Waals surface area contributed by atoms with Crippen LogP contribution >= 0.6 is 0 Å². The second-order valence-corrected chi connectivity index (χ2v) is 5.88. The van der Waals surface area contributed by atoms with E-state index in [0.717, 1.165) is 6.54 Å². The lowest BCUT2D eigenvalue weighted by molar-refractivity contribution is 0.396. The summed E-state index contributed by atoms with van der Waals surface area (Å²) in [7, 11) is 0. The molecule has 1 aromatic rings. The zero-order valence-electron chi connectivity index (χ0n) is 11.8. The molecule has 0 spiro atoms. The van der Waals surface area contributed by atoms with Crippen LogP contribution in [0.2, 0.25) is 0 Å². The first-order valence-electron chi connectivity index (χ1n) is 6.83. The Morgan fingerprint density at radius 1 is 1.12 bits per heavy atom. The largest absolute Gasteiger partial charge is 0.311 e. The minimum atomic E-state index is 0.208. The van der Waals surface area contributed by atoms with E-state index >= 15 is 0 Å². The van der Waals surface area contributed by atoms with Gasteiger partial charge in [0.1, 0.15) is 0 Å². The number of unbranched alkanes of at least 4 members (excludes halogenated alkanes) is 1. The summed E-state index contributed by atoms with van der Waals surface area (Å²) in [6.45, 7) is 10.0. The first-order valence-corrected chi connectivity index (χ1v) is 6.83. The van der Waals surface area contributed by atoms with Gasteiger partial charge in [-0.3, -0.25) is 0 Å². The summed E-state index contributed by atoms with van der Waals surface area (Å²) < 4.78 is 0. The Bertz CT molecular complexity index is 297. The first kappa shape index (κ1) is 14.2. The number of hydrogen-bond donors (Lipinski definition) is 1. The van der Waals surface area contributed by atoms with Crippen molar-refractivity contribution in [2.24, 2.45) is 0 Å². The lowest BCUT2D eigenvalue weighted by Crippen LogP contribution is -2.38. The molecule has 0 aliphatic rings. The molecule has 1 aromatic carbocycles. The van der Waals surface area contributed by atoms with Crippen LogP contribution in [0, 0.1) is 0 Å². The fourth-order valence-electron chi connectivity index (χ4n) is 1.99. The van der Waals surface area contributed by atoms with Gasteiger partial charge in [-0.05, 0) is 38.7 Å². The second-order valence-electron chi connectivity index (χ2n) is 5.88. The van der Waals surface area contributed by atoms with Crippen molar-refractivity contribution < 1.29 is 0 Å². The van der Waals surface area contributed by atoms with E-state index in [0.29, 0.717) is 5.92 Å². The highest BCUT2D eigenvalue weighted by Gasteiger charge is 2.15. The molecule has 0 aromatic heterocycles. The van der Waals surface area contributed by atoms with Crippen molar-refractivity contribution in [1.82, 2.24) is 5.32 Å². The molecule has 1 unspecified atom stereocenters. The second kappa shape index (κ2) is 6.80. The SMILES string of the molecule is CCCCC(CNC(C)(C)C)c1ccccc1. The molecule has 1 atom stereocenters. The maximum absolute atomic E-state index is 3.63. The molecule has 0 heterocycles. The highest BCUT2D eigenvalue weighted by Crippen LogP contribution is 2.22. The molecule has 0 radical (unpaired) electrons. The zero-order valence-corrected chi connectivity index (χ0v) is 11.8. The van der Waals surface area contributed by atoms with Crippen molar-refractivity contribution in [2.75, 3.05) is 6.54 Å². The molecular weight excluding hydrogens is 206 g/mol. The Balaban J connectivity index is 2.61. The number of rotatable bonds is 6. The summed E-state index contributed by atoms with van der Waals surface area (Å²) in [6, 6.07) is 10.9. The van der Waals surface area contributed by atoms with Gasteiger partial charge in [0, 0.05) is 12.1 Å². The molecule has 0 fully saturated rings. The maximum atomic E-state index is 3.63. The minimum absolute atomic E-state index is 0.208. The molecule has 1 rings (SSSR count). The Hall–Kier alpha value is -0.820. The molecular formula is C16H27N. The molecule has 96 valence electrons. The third-order valence-corrected chi connectivity index (χ3v) is 3.06. The predicted molar refractivity (Wildman–Crippen MR) is 76.5 cm³/mol. The van der Waals surface area contributed by atoms with Crippen LogP contribution in [0.1, 0.15) is 58.4 Å². The fraction of sp³-hybridized carbons (Fsp3) is 0.625. The minimum Gasteiger partial charge on any atom is -0.311 e. The van der Waals surface area contributed by atoms with Crippen LogP contribution in [0.3, 0.4) is 0 Å². The van der Waals surface area contributed by atoms with Gasteiger partial charge in [0.25, 0.3) is 0 Å². The fourth-order valence-corrected chi connectivity index (χ4v) is 1.99. The third kappa shape index (κ3) is 5.88. The Kier molecular flexibility index (Phi) is 5.70. The van der Waals surface area contributed by atoms with Crippen LogP contribution in [-0.2, 0) is 0 Å². The molecule has 0 aliphatic carbocycles. The lowest BCUT2D eigenvalue weighted by Gasteiger charge is -2.25. The first-order chi connectivity index (χ1) is 8.03. The van der Waals surface area contributed by atoms with Crippen molar-refractivity contribution in [3.63, 3.8) is 0 Å². The van der Waals surface area contributed by atoms with Crippen LogP contribution in [0.5, 0.6) is 0 Å². The van der Waals surface area contributed by atoms with Crippen LogP contribution in [0.15, 0.2) is 30.3 Å². The molecule has 1 nitrogen and oxygen atoms in total. The molecule has 0 aliphatic heterocycles. The van der Waals surface area contributed by atoms with Gasteiger partial charge in [-0.2, -0.15) is 0 Å². The van der Waals surface area contributed by atoms with Gasteiger partial charge in [-0.15, -0.1) is 0 Å². The van der Waals surface area contributed by atoms with Crippen LogP contribution in [0.25, 0.3) is 0 Å². The monoisotopic (exact) mass is 233 g/mol. The highest BCUT2D eigenvalue weighted by molar-refractivity contribution is 5.19. The Morgan fingerprint density at radius 2 is 1.76 bits per heavy atom. The van der Waals surface area contributed by atoms with Crippen LogP contribution in [0.4, 0.5) is 0 Å². The van der Waals surface area contributed by atoms with Gasteiger partial charge in [0.15, 0.2) is 0 Å². The molecule has 0 amide bonds. The predicted octanol–water partition coefficient (Wildman–Crippen LogP) is 4.35. The van der Waals surface area contributed by atoms with E-state index in [4.69, 9.17) is 0 Å². The van der Waals surface area contributed by atoms with Gasteiger partial charge in [-0.25, -0.2) is 0 Å². The number of hydrogen-bond acceptors (Lipinski definition) is 1. The Morgan fingerprint density at radius 3 is 2.29 bits per heavy atom. The van der Waals surface area contributed by atoms with Crippen molar-refractivity contribution in [3.8, 4) is 0 Å². The van der Waals surface area contributed by atoms with E-state index in [1.54, 1.807) is 0 Å². The van der Waals surface area contributed by atoms with E-state index in [9.17, 15) is 0 Å². The molecule has 0 saturated carbocycles. The van der Waals surface area contributed by atoms with Gasteiger partial charge >= 0.3 is 0 Å². The normalized spacial score (nSPS) is 13.6. The summed E-state index contributed by atoms with van der Waals surface area (Å²) in [5.74, 6) is 0.648. The molecule has 0 bridgehead atoms. The van der Waals surface area contributed by atoms with Gasteiger partial charge in [-0.1, -0.05) is 50.1 Å². The number of nitrogens with one attached hydrogen (secondary N) is 1. The van der Waals surface area contributed by atoms with E-state index in [2.05, 4.69) is 63.3 Å². The molecule has 1 heteroatoms. The van der Waals surface area contributed by atoms with Crippen molar-refractivity contribution in [3.05, 3.63) is 35.9 Å². The van der Waals surface area contributed by atoms with E-state index in [1.165, 1.54) is 24.8 Å². The topological polar surface area (TPSA) is 12.0 Å². The average molecular weight is 233 g/mol. The summed E-state index contributed by atoms with van der Waals surface area (Å²) >= 11 is 0. The van der Waals surface area contributed by atoms with Crippen LogP contribution in [-0.4, -0.2) is 12.1 Å². The summed E-state index contributed by atoms with van der Waals surface area (Å²) in [6.07, 6.45) is 3.87. The maximum Gasteiger partial charge on any atom is 0.00967 e. The lowest BCUT2D eigenvalue weighted by atomic mass is 9.92. The summed E-state index contributed by atoms with van der Waals surface area (Å²) in [5.41, 5.74) is 1.68. The van der Waals surface area contributed by atoms with Crippen molar-refractivity contribution >= 4 is 0 Å². The van der Waals surface area contributed by atoms with E-state index in [-0.39, 0.29) is 5.54 Å². The van der Waals surface area contributed by atoms with E-state index in [1.807, 2.05) is 0 Å². The van der Waals surface area contributed by atoms with E-state index < -0.39 is 0 Å². The standard InChI is InChI=1S/C16H27N/c1-5-6-10-15(13-17-16(2,3)4)14-11-8-7-9-12-14/h7-9,11-12,15,17H,5-6,10,13H2,1-4H3. The quantitative estimate of drug-likeness (QED) is 0.770. The highest BCUT2D eigenvalue weighted by atomic mass is 14.9. The molecule has 0 saturated heterocycles. The number of benzene rings is 1. The summed E-state index contributed by atoms with van der Waals surface area (Å²) in [4.78, 5) is 0. The molecule has 17 heavy (non-hydrogen) atoms.